The van der Waals surface area contributed by atoms with Crippen LogP contribution in [-0.4, -0.2) is 41.9 Å². The third-order valence-corrected chi connectivity index (χ3v) is 4.70. The highest BCUT2D eigenvalue weighted by atomic mass is 35.5. The first-order valence-electron chi connectivity index (χ1n) is 9.22. The molecule has 0 aromatic heterocycles. The number of amides is 3. The summed E-state index contributed by atoms with van der Waals surface area (Å²) in [6.07, 6.45) is -0.108. The number of hydrogen-bond acceptors (Lipinski definition) is 5. The second-order valence-electron chi connectivity index (χ2n) is 6.88. The molecule has 1 fully saturated rings. The van der Waals surface area contributed by atoms with Gasteiger partial charge in [0.1, 0.15) is 0 Å². The summed E-state index contributed by atoms with van der Waals surface area (Å²) in [4.78, 5) is 48.6. The molecule has 2 N–H and O–H groups in total. The number of ether oxygens (including phenoxy) is 1. The van der Waals surface area contributed by atoms with Gasteiger partial charge in [-0.1, -0.05) is 35.4 Å². The molecule has 1 heterocycles. The van der Waals surface area contributed by atoms with Gasteiger partial charge in [0, 0.05) is 22.7 Å². The molecule has 0 spiro atoms. The number of carbonyl (C=O) groups excluding carboxylic acids is 4. The van der Waals surface area contributed by atoms with Crippen LogP contribution in [0.3, 0.4) is 0 Å². The fourth-order valence-electron chi connectivity index (χ4n) is 2.88. The van der Waals surface area contributed by atoms with E-state index in [0.29, 0.717) is 16.3 Å². The quantitative estimate of drug-likeness (QED) is 0.686. The number of aryl methyl sites for hydroxylation is 1. The minimum Gasteiger partial charge on any atom is -0.455 e. The van der Waals surface area contributed by atoms with Gasteiger partial charge in [-0.25, -0.2) is 0 Å². The molecule has 0 aliphatic carbocycles. The highest BCUT2D eigenvalue weighted by Gasteiger charge is 2.36. The molecule has 9 heteroatoms. The SMILES string of the molecule is Cc1ccc(C(=O)NN2C[C@@H](C(=O)OCC(=O)Nc3cccc(Cl)c3)CC2=O)cc1. The van der Waals surface area contributed by atoms with Crippen molar-refractivity contribution in [3.63, 3.8) is 0 Å². The lowest BCUT2D eigenvalue weighted by Crippen LogP contribution is -2.43. The predicted octanol–water partition coefficient (Wildman–Crippen LogP) is 2.32. The van der Waals surface area contributed by atoms with Crippen molar-refractivity contribution >= 4 is 41.0 Å². The smallest absolute Gasteiger partial charge is 0.311 e. The van der Waals surface area contributed by atoms with Gasteiger partial charge >= 0.3 is 5.97 Å². The zero-order valence-corrected chi connectivity index (χ0v) is 16.9. The van der Waals surface area contributed by atoms with E-state index < -0.39 is 36.2 Å². The molecular formula is C21H20ClN3O5. The van der Waals surface area contributed by atoms with E-state index in [9.17, 15) is 19.2 Å². The van der Waals surface area contributed by atoms with Crippen LogP contribution in [0.2, 0.25) is 5.02 Å². The van der Waals surface area contributed by atoms with Crippen molar-refractivity contribution in [2.45, 2.75) is 13.3 Å². The number of benzene rings is 2. The third kappa shape index (κ3) is 5.57. The number of esters is 1. The number of hydrogen-bond donors (Lipinski definition) is 2. The van der Waals surface area contributed by atoms with Gasteiger partial charge < -0.3 is 10.1 Å². The molecule has 2 aromatic carbocycles. The van der Waals surface area contributed by atoms with Crippen LogP contribution >= 0.6 is 11.6 Å². The average Bonchev–Trinajstić information content (AvgIpc) is 3.07. The summed E-state index contributed by atoms with van der Waals surface area (Å²) in [5, 5.41) is 4.12. The van der Waals surface area contributed by atoms with Crippen LogP contribution in [0.4, 0.5) is 5.69 Å². The number of carbonyl (C=O) groups is 4. The molecule has 0 saturated carbocycles. The van der Waals surface area contributed by atoms with E-state index in [0.717, 1.165) is 10.6 Å². The number of rotatable bonds is 6. The zero-order valence-electron chi connectivity index (χ0n) is 16.2. The monoisotopic (exact) mass is 429 g/mol. The molecule has 2 aromatic rings. The Kier molecular flexibility index (Phi) is 6.68. The number of hydrazine groups is 1. The Morgan fingerprint density at radius 3 is 2.60 bits per heavy atom. The van der Waals surface area contributed by atoms with Crippen LogP contribution in [0.15, 0.2) is 48.5 Å². The standard InChI is InChI=1S/C21H20ClN3O5/c1-13-5-7-14(8-6-13)20(28)24-25-11-15(9-19(25)27)21(29)30-12-18(26)23-17-4-2-3-16(22)10-17/h2-8,10,15H,9,11-12H2,1H3,(H,23,26)(H,24,28)/t15-/m0/s1. The second kappa shape index (κ2) is 9.41. The summed E-state index contributed by atoms with van der Waals surface area (Å²) in [7, 11) is 0. The Hall–Kier alpha value is -3.39. The van der Waals surface area contributed by atoms with Crippen LogP contribution in [-0.2, 0) is 19.1 Å². The Balaban J connectivity index is 1.47. The first kappa shape index (κ1) is 21.3. The Morgan fingerprint density at radius 1 is 1.17 bits per heavy atom. The minimum absolute atomic E-state index is 0.0226. The maximum atomic E-state index is 12.3. The van der Waals surface area contributed by atoms with Gasteiger partial charge in [0.15, 0.2) is 6.61 Å². The molecule has 30 heavy (non-hydrogen) atoms. The topological polar surface area (TPSA) is 105 Å². The number of anilines is 1. The fourth-order valence-corrected chi connectivity index (χ4v) is 3.07. The first-order valence-corrected chi connectivity index (χ1v) is 9.59. The molecule has 1 aliphatic rings. The third-order valence-electron chi connectivity index (χ3n) is 4.46. The molecule has 3 amide bonds. The van der Waals surface area contributed by atoms with E-state index in [4.69, 9.17) is 16.3 Å². The Bertz CT molecular complexity index is 977. The van der Waals surface area contributed by atoms with Crippen LogP contribution in [0.5, 0.6) is 0 Å². The molecule has 3 rings (SSSR count). The van der Waals surface area contributed by atoms with E-state index in [-0.39, 0.29) is 13.0 Å². The number of nitrogens with one attached hydrogen (secondary N) is 2. The molecule has 0 radical (unpaired) electrons. The van der Waals surface area contributed by atoms with Crippen molar-refractivity contribution in [3.05, 3.63) is 64.7 Å². The van der Waals surface area contributed by atoms with E-state index in [1.165, 1.54) is 0 Å². The number of halogens is 1. The number of nitrogens with zero attached hydrogens (tertiary/aromatic N) is 1. The van der Waals surface area contributed by atoms with E-state index in [1.54, 1.807) is 48.5 Å². The minimum atomic E-state index is -0.769. The van der Waals surface area contributed by atoms with Crippen molar-refractivity contribution in [2.24, 2.45) is 5.92 Å². The summed E-state index contributed by atoms with van der Waals surface area (Å²) in [6.45, 7) is 1.38. The molecule has 1 atom stereocenters. The second-order valence-corrected chi connectivity index (χ2v) is 7.32. The van der Waals surface area contributed by atoms with Crippen molar-refractivity contribution in [2.75, 3.05) is 18.5 Å². The lowest BCUT2D eigenvalue weighted by molar-refractivity contribution is -0.151. The van der Waals surface area contributed by atoms with Crippen LogP contribution < -0.4 is 10.7 Å². The van der Waals surface area contributed by atoms with Gasteiger partial charge in [-0.05, 0) is 37.3 Å². The van der Waals surface area contributed by atoms with Crippen molar-refractivity contribution in [1.29, 1.82) is 0 Å². The van der Waals surface area contributed by atoms with Crippen molar-refractivity contribution in [1.82, 2.24) is 10.4 Å². The zero-order chi connectivity index (χ0) is 21.7. The van der Waals surface area contributed by atoms with Crippen LogP contribution in [0.25, 0.3) is 0 Å². The molecule has 1 saturated heterocycles. The van der Waals surface area contributed by atoms with Gasteiger partial charge in [-0.3, -0.25) is 29.6 Å². The van der Waals surface area contributed by atoms with Crippen molar-refractivity contribution < 1.29 is 23.9 Å². The van der Waals surface area contributed by atoms with Crippen LogP contribution in [0.1, 0.15) is 22.3 Å². The summed E-state index contributed by atoms with van der Waals surface area (Å²) in [6, 6.07) is 13.4. The lowest BCUT2D eigenvalue weighted by atomic mass is 10.1. The normalized spacial score (nSPS) is 15.6. The van der Waals surface area contributed by atoms with Gasteiger partial charge in [-0.15, -0.1) is 0 Å². The summed E-state index contributed by atoms with van der Waals surface area (Å²) >= 11 is 5.85. The summed E-state index contributed by atoms with van der Waals surface area (Å²) in [5.41, 5.74) is 4.38. The maximum absolute atomic E-state index is 12.3. The van der Waals surface area contributed by atoms with E-state index in [1.807, 2.05) is 6.92 Å². The van der Waals surface area contributed by atoms with Gasteiger partial charge in [0.25, 0.3) is 11.8 Å². The summed E-state index contributed by atoms with van der Waals surface area (Å²) < 4.78 is 5.01. The van der Waals surface area contributed by atoms with Crippen LogP contribution in [0, 0.1) is 12.8 Å². The molecule has 156 valence electrons. The highest BCUT2D eigenvalue weighted by molar-refractivity contribution is 6.30. The summed E-state index contributed by atoms with van der Waals surface area (Å²) in [5.74, 6) is -2.83. The Morgan fingerprint density at radius 2 is 1.90 bits per heavy atom. The molecule has 1 aliphatic heterocycles. The van der Waals surface area contributed by atoms with E-state index >= 15 is 0 Å². The molecular weight excluding hydrogens is 410 g/mol. The highest BCUT2D eigenvalue weighted by Crippen LogP contribution is 2.18. The van der Waals surface area contributed by atoms with Crippen molar-refractivity contribution in [3.8, 4) is 0 Å². The molecule has 8 nitrogen and oxygen atoms in total. The average molecular weight is 430 g/mol. The van der Waals surface area contributed by atoms with Gasteiger partial charge in [0.2, 0.25) is 5.91 Å². The largest absolute Gasteiger partial charge is 0.455 e. The molecule has 0 bridgehead atoms. The fraction of sp³-hybridized carbons (Fsp3) is 0.238. The Labute approximate surface area is 178 Å². The van der Waals surface area contributed by atoms with Gasteiger partial charge in [-0.2, -0.15) is 0 Å². The molecule has 0 unspecified atom stereocenters. The predicted molar refractivity (Wildman–Crippen MR) is 110 cm³/mol. The first-order chi connectivity index (χ1) is 14.3. The van der Waals surface area contributed by atoms with E-state index in [2.05, 4.69) is 10.7 Å². The lowest BCUT2D eigenvalue weighted by Gasteiger charge is -2.17. The maximum Gasteiger partial charge on any atom is 0.311 e. The van der Waals surface area contributed by atoms with Gasteiger partial charge in [0.05, 0.1) is 12.5 Å².